The number of hydrogen-bond donors (Lipinski definition) is 2. The molecular weight excluding hydrogens is 428 g/mol. The molecule has 27 heavy (non-hydrogen) atoms. The average molecular weight is 451 g/mol. The second-order valence-electron chi connectivity index (χ2n) is 5.99. The third-order valence-electron chi connectivity index (χ3n) is 4.21. The van der Waals surface area contributed by atoms with Gasteiger partial charge in [0, 0.05) is 23.6 Å². The Labute approximate surface area is 174 Å². The summed E-state index contributed by atoms with van der Waals surface area (Å²) in [4.78, 5) is 3.32. The molecule has 0 unspecified atom stereocenters. The number of fused-ring (bicyclic) bond motifs is 1. The van der Waals surface area contributed by atoms with Crippen LogP contribution in [0.25, 0.3) is 10.9 Å². The molecule has 0 radical (unpaired) electrons. The Morgan fingerprint density at radius 1 is 1.26 bits per heavy atom. The zero-order valence-corrected chi connectivity index (χ0v) is 17.6. The van der Waals surface area contributed by atoms with Gasteiger partial charge in [-0.25, -0.2) is 0 Å². The smallest absolute Gasteiger partial charge is 0.175 e. The van der Waals surface area contributed by atoms with E-state index in [4.69, 9.17) is 9.47 Å². The fourth-order valence-electron chi connectivity index (χ4n) is 2.95. The molecule has 0 saturated heterocycles. The number of halogens is 2. The number of methoxy groups -OCH3 is 1. The van der Waals surface area contributed by atoms with Crippen molar-refractivity contribution in [2.24, 2.45) is 0 Å². The minimum absolute atomic E-state index is 0. The molecule has 0 fully saturated rings. The summed E-state index contributed by atoms with van der Waals surface area (Å²) in [6.07, 6.45) is 4.78. The molecule has 0 bridgehead atoms. The first kappa shape index (κ1) is 21.4. The molecule has 4 nitrogen and oxygen atoms in total. The van der Waals surface area contributed by atoms with Crippen LogP contribution in [0.15, 0.2) is 59.7 Å². The zero-order chi connectivity index (χ0) is 18.4. The van der Waals surface area contributed by atoms with Gasteiger partial charge in [0.05, 0.1) is 11.6 Å². The Kier molecular flexibility index (Phi) is 8.23. The number of aromatic nitrogens is 1. The molecule has 0 amide bonds. The van der Waals surface area contributed by atoms with E-state index in [1.165, 1.54) is 16.5 Å². The number of rotatable bonds is 9. The lowest BCUT2D eigenvalue weighted by molar-refractivity contribution is -0.00000577. The average Bonchev–Trinajstić information content (AvgIpc) is 3.07. The summed E-state index contributed by atoms with van der Waals surface area (Å²) in [7, 11) is 1.65. The van der Waals surface area contributed by atoms with Crippen molar-refractivity contribution >= 4 is 26.8 Å². The molecule has 0 aliphatic heterocycles. The van der Waals surface area contributed by atoms with E-state index in [1.807, 2.05) is 6.07 Å². The lowest BCUT2D eigenvalue weighted by Gasteiger charge is -2.14. The van der Waals surface area contributed by atoms with Crippen LogP contribution >= 0.6 is 15.9 Å². The van der Waals surface area contributed by atoms with Crippen molar-refractivity contribution in [2.75, 3.05) is 20.3 Å². The van der Waals surface area contributed by atoms with Gasteiger partial charge >= 0.3 is 0 Å². The summed E-state index contributed by atoms with van der Waals surface area (Å²) >= 11 is 3.57. The van der Waals surface area contributed by atoms with Crippen molar-refractivity contribution in [3.8, 4) is 11.5 Å². The SMILES string of the molecule is C=CCOc1c(Br)cc(CNCCc2c[nH]c3ccccc23)cc1OC.[Cl-]. The van der Waals surface area contributed by atoms with E-state index in [0.717, 1.165) is 35.3 Å². The predicted molar refractivity (Wildman–Crippen MR) is 110 cm³/mol. The molecule has 2 aromatic carbocycles. The monoisotopic (exact) mass is 449 g/mol. The van der Waals surface area contributed by atoms with Gasteiger partial charge in [0.1, 0.15) is 6.61 Å². The molecule has 3 rings (SSSR count). The van der Waals surface area contributed by atoms with Gasteiger partial charge < -0.3 is 32.2 Å². The fourth-order valence-corrected chi connectivity index (χ4v) is 3.56. The molecule has 6 heteroatoms. The Bertz CT molecular complexity index is 895. The number of aromatic amines is 1. The Hall–Kier alpha value is -1.95. The number of hydrogen-bond acceptors (Lipinski definition) is 3. The Morgan fingerprint density at radius 2 is 2.07 bits per heavy atom. The standard InChI is InChI=1S/C21H23BrN2O2.ClH/c1-3-10-26-21-18(22)11-15(12-20(21)25-2)13-23-9-8-16-14-24-19-7-5-4-6-17(16)19;/h3-7,11-12,14,23-24H,1,8-10,13H2,2H3;1H/p-1. The van der Waals surface area contributed by atoms with E-state index in [0.29, 0.717) is 12.4 Å². The lowest BCUT2D eigenvalue weighted by atomic mass is 10.1. The Morgan fingerprint density at radius 3 is 2.85 bits per heavy atom. The minimum Gasteiger partial charge on any atom is -1.00 e. The van der Waals surface area contributed by atoms with E-state index in [-0.39, 0.29) is 12.4 Å². The largest absolute Gasteiger partial charge is 1.00 e. The molecule has 1 heterocycles. The second kappa shape index (κ2) is 10.4. The molecule has 1 aromatic heterocycles. The van der Waals surface area contributed by atoms with Gasteiger partial charge in [-0.3, -0.25) is 0 Å². The molecule has 0 atom stereocenters. The molecular formula is C21H23BrClN2O2-. The van der Waals surface area contributed by atoms with Gasteiger partial charge in [-0.1, -0.05) is 30.9 Å². The van der Waals surface area contributed by atoms with Crippen LogP contribution in [0, 0.1) is 0 Å². The maximum Gasteiger partial charge on any atom is 0.175 e. The van der Waals surface area contributed by atoms with Gasteiger partial charge in [-0.05, 0) is 58.2 Å². The third-order valence-corrected chi connectivity index (χ3v) is 4.80. The highest BCUT2D eigenvalue weighted by atomic mass is 79.9. The number of ether oxygens (including phenoxy) is 2. The molecule has 0 aliphatic carbocycles. The van der Waals surface area contributed by atoms with Crippen LogP contribution in [0.1, 0.15) is 11.1 Å². The highest BCUT2D eigenvalue weighted by Gasteiger charge is 2.11. The van der Waals surface area contributed by atoms with Crippen LogP contribution in [0.2, 0.25) is 0 Å². The number of para-hydroxylation sites is 1. The first-order chi connectivity index (χ1) is 12.7. The summed E-state index contributed by atoms with van der Waals surface area (Å²) in [5.41, 5.74) is 3.66. The summed E-state index contributed by atoms with van der Waals surface area (Å²) < 4.78 is 12.0. The van der Waals surface area contributed by atoms with E-state index < -0.39 is 0 Å². The predicted octanol–water partition coefficient (Wildman–Crippen LogP) is 1.84. The van der Waals surface area contributed by atoms with Gasteiger partial charge in [0.2, 0.25) is 0 Å². The first-order valence-electron chi connectivity index (χ1n) is 8.58. The quantitative estimate of drug-likeness (QED) is 0.386. The van der Waals surface area contributed by atoms with Crippen molar-refractivity contribution in [1.82, 2.24) is 10.3 Å². The van der Waals surface area contributed by atoms with Crippen LogP contribution < -0.4 is 27.2 Å². The maximum absolute atomic E-state index is 5.66. The summed E-state index contributed by atoms with van der Waals surface area (Å²) in [5, 5.41) is 4.79. The van der Waals surface area contributed by atoms with E-state index in [9.17, 15) is 0 Å². The van der Waals surface area contributed by atoms with Crippen LogP contribution in [-0.2, 0) is 13.0 Å². The fraction of sp³-hybridized carbons (Fsp3) is 0.238. The Balaban J connectivity index is 0.00000261. The number of nitrogens with one attached hydrogen (secondary N) is 2. The highest BCUT2D eigenvalue weighted by molar-refractivity contribution is 9.10. The van der Waals surface area contributed by atoms with Gasteiger partial charge in [-0.15, -0.1) is 0 Å². The van der Waals surface area contributed by atoms with Gasteiger partial charge in [-0.2, -0.15) is 0 Å². The molecule has 3 aromatic rings. The van der Waals surface area contributed by atoms with Crippen molar-refractivity contribution in [3.63, 3.8) is 0 Å². The van der Waals surface area contributed by atoms with Crippen LogP contribution in [-0.4, -0.2) is 25.2 Å². The van der Waals surface area contributed by atoms with Crippen LogP contribution in [0.3, 0.4) is 0 Å². The molecule has 144 valence electrons. The van der Waals surface area contributed by atoms with Crippen molar-refractivity contribution in [3.05, 3.63) is 70.8 Å². The zero-order valence-electron chi connectivity index (χ0n) is 15.2. The molecule has 2 N–H and O–H groups in total. The highest BCUT2D eigenvalue weighted by Crippen LogP contribution is 2.36. The minimum atomic E-state index is 0. The van der Waals surface area contributed by atoms with Crippen LogP contribution in [0.5, 0.6) is 11.5 Å². The third kappa shape index (κ3) is 5.28. The topological polar surface area (TPSA) is 46.3 Å². The number of benzene rings is 2. The van der Waals surface area contributed by atoms with E-state index in [1.54, 1.807) is 13.2 Å². The summed E-state index contributed by atoms with van der Waals surface area (Å²) in [6.45, 7) is 5.78. The van der Waals surface area contributed by atoms with E-state index in [2.05, 4.69) is 69.3 Å². The van der Waals surface area contributed by atoms with Crippen molar-refractivity contribution in [2.45, 2.75) is 13.0 Å². The lowest BCUT2D eigenvalue weighted by Crippen LogP contribution is -3.00. The van der Waals surface area contributed by atoms with Gasteiger partial charge in [0.15, 0.2) is 11.5 Å². The van der Waals surface area contributed by atoms with Crippen molar-refractivity contribution < 1.29 is 21.9 Å². The van der Waals surface area contributed by atoms with Gasteiger partial charge in [0.25, 0.3) is 0 Å². The van der Waals surface area contributed by atoms with Crippen molar-refractivity contribution in [1.29, 1.82) is 0 Å². The normalized spacial score (nSPS) is 10.4. The molecule has 0 saturated carbocycles. The molecule has 0 aliphatic rings. The van der Waals surface area contributed by atoms with E-state index >= 15 is 0 Å². The first-order valence-corrected chi connectivity index (χ1v) is 9.38. The maximum atomic E-state index is 5.66. The molecule has 0 spiro atoms. The summed E-state index contributed by atoms with van der Waals surface area (Å²) in [6, 6.07) is 12.4. The second-order valence-corrected chi connectivity index (χ2v) is 6.85. The van der Waals surface area contributed by atoms with Crippen LogP contribution in [0.4, 0.5) is 0 Å². The summed E-state index contributed by atoms with van der Waals surface area (Å²) in [5.74, 6) is 1.42. The number of H-pyrrole nitrogens is 1.